The zero-order chi connectivity index (χ0) is 25.2. The molecule has 8 nitrogen and oxygen atoms in total. The Kier molecular flexibility index (Phi) is 6.94. The number of carbonyl (C=O) groups excluding carboxylic acids is 2. The van der Waals surface area contributed by atoms with E-state index in [1.807, 2.05) is 32.9 Å². The van der Waals surface area contributed by atoms with Crippen LogP contribution in [-0.4, -0.2) is 45.5 Å². The van der Waals surface area contributed by atoms with Crippen LogP contribution in [0.4, 0.5) is 0 Å². The topological polar surface area (TPSA) is 109 Å². The summed E-state index contributed by atoms with van der Waals surface area (Å²) in [6, 6.07) is 6.41. The van der Waals surface area contributed by atoms with Gasteiger partial charge in [0, 0.05) is 29.8 Å². The number of aromatic nitrogens is 3. The van der Waals surface area contributed by atoms with Crippen molar-refractivity contribution in [1.29, 1.82) is 0 Å². The van der Waals surface area contributed by atoms with Gasteiger partial charge in [0.2, 0.25) is 5.91 Å². The molecule has 3 N–H and O–H groups in total. The molecular weight excluding hydrogens is 454 g/mol. The van der Waals surface area contributed by atoms with Crippen LogP contribution >= 0.6 is 0 Å². The van der Waals surface area contributed by atoms with Crippen molar-refractivity contribution in [2.24, 2.45) is 5.92 Å². The van der Waals surface area contributed by atoms with Gasteiger partial charge in [0.1, 0.15) is 23.3 Å². The maximum Gasteiger partial charge on any atom is 0.255 e. The molecule has 2 heterocycles. The number of nitrogens with one attached hydrogen (secondary N) is 3. The number of aromatic amines is 1. The Labute approximate surface area is 211 Å². The first kappa shape index (κ1) is 24.3. The largest absolute Gasteiger partial charge is 0.493 e. The number of ether oxygens (including phenoxy) is 1. The van der Waals surface area contributed by atoms with Gasteiger partial charge >= 0.3 is 0 Å². The number of carbonyl (C=O) groups is 2. The van der Waals surface area contributed by atoms with Crippen molar-refractivity contribution >= 4 is 22.8 Å². The highest BCUT2D eigenvalue weighted by Gasteiger charge is 2.27. The Bertz CT molecular complexity index is 1270. The fraction of sp³-hybridized carbons (Fsp3) is 0.500. The van der Waals surface area contributed by atoms with Crippen LogP contribution in [0.2, 0.25) is 0 Å². The number of amides is 2. The van der Waals surface area contributed by atoms with Crippen LogP contribution in [-0.2, 0) is 4.79 Å². The summed E-state index contributed by atoms with van der Waals surface area (Å²) in [5.41, 5.74) is 5.45. The Morgan fingerprint density at radius 1 is 1.03 bits per heavy atom. The van der Waals surface area contributed by atoms with Gasteiger partial charge in [-0.15, -0.1) is 0 Å². The van der Waals surface area contributed by atoms with Crippen molar-refractivity contribution in [2.75, 3.05) is 6.61 Å². The number of fused-ring (bicyclic) bond motifs is 1. The molecule has 2 aliphatic rings. The summed E-state index contributed by atoms with van der Waals surface area (Å²) in [6.07, 6.45) is 7.89. The summed E-state index contributed by atoms with van der Waals surface area (Å²) in [5, 5.41) is 6.27. The quantitative estimate of drug-likeness (QED) is 0.429. The van der Waals surface area contributed by atoms with E-state index in [2.05, 4.69) is 31.7 Å². The lowest BCUT2D eigenvalue weighted by atomic mass is 9.91. The summed E-state index contributed by atoms with van der Waals surface area (Å²) in [4.78, 5) is 37.6. The number of aryl methyl sites for hydroxylation is 2. The van der Waals surface area contributed by atoms with Crippen molar-refractivity contribution in [3.05, 3.63) is 41.3 Å². The van der Waals surface area contributed by atoms with Crippen LogP contribution < -0.4 is 15.4 Å². The molecule has 2 fully saturated rings. The van der Waals surface area contributed by atoms with Crippen molar-refractivity contribution < 1.29 is 14.3 Å². The molecule has 36 heavy (non-hydrogen) atoms. The van der Waals surface area contributed by atoms with E-state index in [-0.39, 0.29) is 23.9 Å². The minimum Gasteiger partial charge on any atom is -0.493 e. The van der Waals surface area contributed by atoms with E-state index in [1.54, 1.807) is 0 Å². The lowest BCUT2D eigenvalue weighted by Crippen LogP contribution is -2.43. The molecule has 5 rings (SSSR count). The SMILES string of the molecule is CCC(=O)N[C@H]1CC[C@@H](NC(=O)c2c(C)[nH]c3c(-c4cc(C)ccc4OCC4CC4)ncnc23)CC1. The van der Waals surface area contributed by atoms with Gasteiger partial charge in [-0.25, -0.2) is 9.97 Å². The van der Waals surface area contributed by atoms with Gasteiger partial charge < -0.3 is 20.4 Å². The maximum atomic E-state index is 13.4. The minimum absolute atomic E-state index is 0.0807. The predicted octanol–water partition coefficient (Wildman–Crippen LogP) is 4.60. The van der Waals surface area contributed by atoms with Gasteiger partial charge in [-0.1, -0.05) is 18.6 Å². The number of H-pyrrole nitrogens is 1. The Morgan fingerprint density at radius 2 is 1.75 bits per heavy atom. The van der Waals surface area contributed by atoms with Gasteiger partial charge in [0.25, 0.3) is 5.91 Å². The van der Waals surface area contributed by atoms with Gasteiger partial charge in [-0.3, -0.25) is 9.59 Å². The van der Waals surface area contributed by atoms with Crippen LogP contribution in [0.3, 0.4) is 0 Å². The van der Waals surface area contributed by atoms with Crippen LogP contribution in [0, 0.1) is 19.8 Å². The van der Waals surface area contributed by atoms with Crippen molar-refractivity contribution in [3.8, 4) is 17.0 Å². The summed E-state index contributed by atoms with van der Waals surface area (Å²) in [7, 11) is 0. The lowest BCUT2D eigenvalue weighted by molar-refractivity contribution is -0.121. The third-order valence-corrected chi connectivity index (χ3v) is 7.31. The molecule has 0 saturated heterocycles. The zero-order valence-corrected chi connectivity index (χ0v) is 21.3. The Balaban J connectivity index is 1.37. The maximum absolute atomic E-state index is 13.4. The fourth-order valence-corrected chi connectivity index (χ4v) is 5.02. The van der Waals surface area contributed by atoms with Gasteiger partial charge in [0.15, 0.2) is 0 Å². The smallest absolute Gasteiger partial charge is 0.255 e. The molecule has 2 aromatic heterocycles. The van der Waals surface area contributed by atoms with Gasteiger partial charge in [0.05, 0.1) is 17.7 Å². The molecule has 2 aliphatic carbocycles. The number of nitrogens with zero attached hydrogens (tertiary/aromatic N) is 2. The van der Waals surface area contributed by atoms with E-state index >= 15 is 0 Å². The molecule has 0 unspecified atom stereocenters. The molecule has 0 bridgehead atoms. The van der Waals surface area contributed by atoms with Crippen molar-refractivity contribution in [1.82, 2.24) is 25.6 Å². The fourth-order valence-electron chi connectivity index (χ4n) is 5.02. The number of hydrogen-bond acceptors (Lipinski definition) is 5. The van der Waals surface area contributed by atoms with Gasteiger partial charge in [-0.2, -0.15) is 0 Å². The highest BCUT2D eigenvalue weighted by atomic mass is 16.5. The van der Waals surface area contributed by atoms with Gasteiger partial charge in [-0.05, 0) is 70.4 Å². The molecule has 2 saturated carbocycles. The van der Waals surface area contributed by atoms with Crippen LogP contribution in [0.15, 0.2) is 24.5 Å². The molecule has 0 aliphatic heterocycles. The van der Waals surface area contributed by atoms with E-state index in [1.165, 1.54) is 19.2 Å². The second-order valence-electron chi connectivity index (χ2n) is 10.3. The summed E-state index contributed by atoms with van der Waals surface area (Å²) >= 11 is 0. The molecule has 3 aromatic rings. The second kappa shape index (κ2) is 10.3. The molecule has 8 heteroatoms. The zero-order valence-electron chi connectivity index (χ0n) is 21.3. The van der Waals surface area contributed by atoms with E-state index in [0.29, 0.717) is 30.0 Å². The first-order chi connectivity index (χ1) is 17.4. The molecule has 0 atom stereocenters. The Hall–Kier alpha value is -3.42. The summed E-state index contributed by atoms with van der Waals surface area (Å²) < 4.78 is 6.16. The number of rotatable bonds is 8. The third kappa shape index (κ3) is 5.22. The number of hydrogen-bond donors (Lipinski definition) is 3. The van der Waals surface area contributed by atoms with Crippen LogP contribution in [0.5, 0.6) is 5.75 Å². The van der Waals surface area contributed by atoms with E-state index in [9.17, 15) is 9.59 Å². The lowest BCUT2D eigenvalue weighted by Gasteiger charge is -2.29. The molecule has 0 spiro atoms. The normalized spacial score (nSPS) is 19.8. The summed E-state index contributed by atoms with van der Waals surface area (Å²) in [5.74, 6) is 1.41. The average molecular weight is 490 g/mol. The molecule has 190 valence electrons. The highest BCUT2D eigenvalue weighted by Crippen LogP contribution is 2.37. The van der Waals surface area contributed by atoms with Crippen LogP contribution in [0.1, 0.15) is 73.5 Å². The standard InChI is InChI=1S/C28H35N5O3/c1-4-23(34)32-19-8-10-20(11-9-19)33-28(35)24-17(3)31-27-25(29-15-30-26(24)27)21-13-16(2)5-12-22(21)36-14-18-6-7-18/h5,12-13,15,18-20,31H,4,6-11,14H2,1-3H3,(H,32,34)(H,33,35)/t19-,20+. The molecule has 0 radical (unpaired) electrons. The molecular formula is C28H35N5O3. The molecule has 2 amide bonds. The Morgan fingerprint density at radius 3 is 2.44 bits per heavy atom. The van der Waals surface area contributed by atoms with E-state index in [0.717, 1.165) is 59.5 Å². The monoisotopic (exact) mass is 489 g/mol. The summed E-state index contributed by atoms with van der Waals surface area (Å²) in [6.45, 7) is 6.53. The minimum atomic E-state index is -0.126. The van der Waals surface area contributed by atoms with E-state index in [4.69, 9.17) is 4.74 Å². The predicted molar refractivity (Wildman–Crippen MR) is 139 cm³/mol. The molecule has 1 aromatic carbocycles. The van der Waals surface area contributed by atoms with Crippen molar-refractivity contribution in [2.45, 2.75) is 77.8 Å². The first-order valence-electron chi connectivity index (χ1n) is 13.1. The van der Waals surface area contributed by atoms with E-state index < -0.39 is 0 Å². The first-order valence-corrected chi connectivity index (χ1v) is 13.1. The van der Waals surface area contributed by atoms with Crippen LogP contribution in [0.25, 0.3) is 22.3 Å². The second-order valence-corrected chi connectivity index (χ2v) is 10.3. The highest BCUT2D eigenvalue weighted by molar-refractivity contribution is 6.09. The van der Waals surface area contributed by atoms with Crippen molar-refractivity contribution in [3.63, 3.8) is 0 Å². The third-order valence-electron chi connectivity index (χ3n) is 7.31. The number of benzene rings is 1. The average Bonchev–Trinajstić information content (AvgIpc) is 3.63.